The summed E-state index contributed by atoms with van der Waals surface area (Å²) in [6, 6.07) is 6.76. The van der Waals surface area contributed by atoms with Gasteiger partial charge in [0, 0.05) is 19.6 Å². The molecule has 1 aromatic carbocycles. The molecule has 106 valence electrons. The highest BCUT2D eigenvalue weighted by molar-refractivity contribution is 5.16. The molecule has 19 heavy (non-hydrogen) atoms. The minimum Gasteiger partial charge on any atom is -0.373 e. The molecule has 1 fully saturated rings. The number of nitrogens with zero attached hydrogens (tertiary/aromatic N) is 1. The van der Waals surface area contributed by atoms with Gasteiger partial charge in [0.05, 0.1) is 12.2 Å². The second-order valence-corrected chi connectivity index (χ2v) is 5.28. The van der Waals surface area contributed by atoms with Gasteiger partial charge in [-0.25, -0.2) is 4.39 Å². The van der Waals surface area contributed by atoms with Gasteiger partial charge in [-0.15, -0.1) is 0 Å². The molecule has 4 heteroatoms. The lowest BCUT2D eigenvalue weighted by atomic mass is 10.1. The maximum Gasteiger partial charge on any atom is 0.123 e. The Morgan fingerprint density at radius 3 is 2.74 bits per heavy atom. The first-order chi connectivity index (χ1) is 9.17. The molecule has 1 saturated heterocycles. The van der Waals surface area contributed by atoms with Crippen molar-refractivity contribution in [2.24, 2.45) is 5.73 Å². The summed E-state index contributed by atoms with van der Waals surface area (Å²) in [5, 5.41) is 0. The molecule has 1 aliphatic rings. The van der Waals surface area contributed by atoms with Crippen molar-refractivity contribution < 1.29 is 9.13 Å². The summed E-state index contributed by atoms with van der Waals surface area (Å²) < 4.78 is 18.7. The molecule has 0 radical (unpaired) electrons. The highest BCUT2D eigenvalue weighted by Gasteiger charge is 2.24. The monoisotopic (exact) mass is 266 g/mol. The van der Waals surface area contributed by atoms with Crippen LogP contribution >= 0.6 is 0 Å². The fourth-order valence-corrected chi connectivity index (χ4v) is 2.61. The zero-order valence-corrected chi connectivity index (χ0v) is 11.5. The standard InChI is InChI=1S/C15H23FN2O/c1-12-10-18(11-15(19-12)6-8-17)9-7-13-2-4-14(16)5-3-13/h2-5,12,15H,6-11,17H2,1H3. The molecule has 2 rings (SSSR count). The smallest absolute Gasteiger partial charge is 0.123 e. The molecule has 0 aliphatic carbocycles. The largest absolute Gasteiger partial charge is 0.373 e. The van der Waals surface area contributed by atoms with Crippen molar-refractivity contribution in [1.29, 1.82) is 0 Å². The maximum atomic E-state index is 12.8. The van der Waals surface area contributed by atoms with Crippen LogP contribution in [0.15, 0.2) is 24.3 Å². The predicted octanol–water partition coefficient (Wildman–Crippen LogP) is 1.81. The summed E-state index contributed by atoms with van der Waals surface area (Å²) in [5.74, 6) is -0.174. The fraction of sp³-hybridized carbons (Fsp3) is 0.600. The number of nitrogens with two attached hydrogens (primary N) is 1. The molecule has 0 bridgehead atoms. The van der Waals surface area contributed by atoms with Gasteiger partial charge in [0.1, 0.15) is 5.82 Å². The van der Waals surface area contributed by atoms with Crippen LogP contribution in [-0.2, 0) is 11.2 Å². The van der Waals surface area contributed by atoms with Crippen LogP contribution in [0, 0.1) is 5.82 Å². The van der Waals surface area contributed by atoms with Crippen molar-refractivity contribution >= 4 is 0 Å². The number of ether oxygens (including phenoxy) is 1. The average Bonchev–Trinajstić information content (AvgIpc) is 2.38. The fourth-order valence-electron chi connectivity index (χ4n) is 2.61. The number of morpholine rings is 1. The van der Waals surface area contributed by atoms with Gasteiger partial charge < -0.3 is 10.5 Å². The van der Waals surface area contributed by atoms with Crippen molar-refractivity contribution in [2.45, 2.75) is 32.0 Å². The van der Waals surface area contributed by atoms with Crippen molar-refractivity contribution in [3.8, 4) is 0 Å². The summed E-state index contributed by atoms with van der Waals surface area (Å²) in [5.41, 5.74) is 6.77. The molecule has 1 aliphatic heterocycles. The molecule has 3 nitrogen and oxygen atoms in total. The number of hydrogen-bond donors (Lipinski definition) is 1. The molecule has 1 heterocycles. The number of rotatable bonds is 5. The summed E-state index contributed by atoms with van der Waals surface area (Å²) in [6.07, 6.45) is 2.38. The Balaban J connectivity index is 1.82. The van der Waals surface area contributed by atoms with Crippen LogP contribution in [0.2, 0.25) is 0 Å². The third-order valence-corrected chi connectivity index (χ3v) is 3.52. The van der Waals surface area contributed by atoms with Crippen LogP contribution in [0.1, 0.15) is 18.9 Å². The molecule has 0 spiro atoms. The van der Waals surface area contributed by atoms with Crippen LogP contribution in [0.4, 0.5) is 4.39 Å². The predicted molar refractivity (Wildman–Crippen MR) is 74.6 cm³/mol. The van der Waals surface area contributed by atoms with Gasteiger partial charge in [0.2, 0.25) is 0 Å². The normalized spacial score (nSPS) is 24.6. The van der Waals surface area contributed by atoms with E-state index in [9.17, 15) is 4.39 Å². The van der Waals surface area contributed by atoms with E-state index in [1.165, 1.54) is 17.7 Å². The highest BCUT2D eigenvalue weighted by atomic mass is 19.1. The van der Waals surface area contributed by atoms with Gasteiger partial charge >= 0.3 is 0 Å². The SMILES string of the molecule is CC1CN(CCc2ccc(F)cc2)CC(CCN)O1. The van der Waals surface area contributed by atoms with E-state index in [2.05, 4.69) is 11.8 Å². The zero-order chi connectivity index (χ0) is 13.7. The Labute approximate surface area is 114 Å². The third kappa shape index (κ3) is 4.56. The van der Waals surface area contributed by atoms with E-state index in [1.807, 2.05) is 12.1 Å². The zero-order valence-electron chi connectivity index (χ0n) is 11.5. The van der Waals surface area contributed by atoms with Gasteiger partial charge in [0.25, 0.3) is 0 Å². The first-order valence-corrected chi connectivity index (χ1v) is 6.99. The number of halogens is 1. The van der Waals surface area contributed by atoms with Gasteiger partial charge in [-0.2, -0.15) is 0 Å². The molecular formula is C15H23FN2O. The highest BCUT2D eigenvalue weighted by Crippen LogP contribution is 2.14. The topological polar surface area (TPSA) is 38.5 Å². The molecule has 2 atom stereocenters. The Morgan fingerprint density at radius 2 is 2.05 bits per heavy atom. The lowest BCUT2D eigenvalue weighted by Gasteiger charge is -2.36. The molecule has 2 unspecified atom stereocenters. The second kappa shape index (κ2) is 6.98. The number of hydrogen-bond acceptors (Lipinski definition) is 3. The van der Waals surface area contributed by atoms with Gasteiger partial charge in [0.15, 0.2) is 0 Å². The molecule has 0 amide bonds. The van der Waals surface area contributed by atoms with E-state index in [4.69, 9.17) is 10.5 Å². The Kier molecular flexibility index (Phi) is 5.31. The minimum atomic E-state index is -0.174. The summed E-state index contributed by atoms with van der Waals surface area (Å²) in [7, 11) is 0. The molecular weight excluding hydrogens is 243 g/mol. The van der Waals surface area contributed by atoms with Crippen molar-refractivity contribution in [1.82, 2.24) is 4.90 Å². The summed E-state index contributed by atoms with van der Waals surface area (Å²) in [4.78, 5) is 2.41. The first-order valence-electron chi connectivity index (χ1n) is 6.99. The Bertz CT molecular complexity index is 382. The average molecular weight is 266 g/mol. The molecule has 0 saturated carbocycles. The van der Waals surface area contributed by atoms with Crippen LogP contribution < -0.4 is 5.73 Å². The minimum absolute atomic E-state index is 0.174. The van der Waals surface area contributed by atoms with Crippen LogP contribution in [-0.4, -0.2) is 43.3 Å². The Hall–Kier alpha value is -0.970. The van der Waals surface area contributed by atoms with Crippen molar-refractivity contribution in [3.05, 3.63) is 35.6 Å². The summed E-state index contributed by atoms with van der Waals surface area (Å²) >= 11 is 0. The molecule has 0 aromatic heterocycles. The van der Waals surface area contributed by atoms with Crippen LogP contribution in [0.25, 0.3) is 0 Å². The van der Waals surface area contributed by atoms with Gasteiger partial charge in [-0.1, -0.05) is 12.1 Å². The Morgan fingerprint density at radius 1 is 1.32 bits per heavy atom. The van der Waals surface area contributed by atoms with Crippen molar-refractivity contribution in [2.75, 3.05) is 26.2 Å². The van der Waals surface area contributed by atoms with E-state index >= 15 is 0 Å². The lowest BCUT2D eigenvalue weighted by Crippen LogP contribution is -2.47. The van der Waals surface area contributed by atoms with Gasteiger partial charge in [-0.3, -0.25) is 4.90 Å². The second-order valence-electron chi connectivity index (χ2n) is 5.28. The maximum absolute atomic E-state index is 12.8. The third-order valence-electron chi connectivity index (χ3n) is 3.52. The van der Waals surface area contributed by atoms with E-state index < -0.39 is 0 Å². The van der Waals surface area contributed by atoms with Gasteiger partial charge in [-0.05, 0) is 44.0 Å². The molecule has 2 N–H and O–H groups in total. The summed E-state index contributed by atoms with van der Waals surface area (Å²) in [6.45, 7) is 5.67. The van der Waals surface area contributed by atoms with Crippen LogP contribution in [0.5, 0.6) is 0 Å². The quantitative estimate of drug-likeness (QED) is 0.883. The lowest BCUT2D eigenvalue weighted by molar-refractivity contribution is -0.0780. The first kappa shape index (κ1) is 14.4. The van der Waals surface area contributed by atoms with E-state index in [0.29, 0.717) is 6.54 Å². The molecule has 1 aromatic rings. The van der Waals surface area contributed by atoms with E-state index in [0.717, 1.165) is 32.5 Å². The van der Waals surface area contributed by atoms with E-state index in [1.54, 1.807) is 0 Å². The van der Waals surface area contributed by atoms with E-state index in [-0.39, 0.29) is 18.0 Å². The number of benzene rings is 1. The van der Waals surface area contributed by atoms with Crippen LogP contribution in [0.3, 0.4) is 0 Å². The van der Waals surface area contributed by atoms with Crippen molar-refractivity contribution in [3.63, 3.8) is 0 Å².